The Morgan fingerprint density at radius 1 is 1.59 bits per heavy atom. The number of hydrogen-bond acceptors (Lipinski definition) is 5. The van der Waals surface area contributed by atoms with Crippen molar-refractivity contribution in [3.63, 3.8) is 0 Å². The molecule has 17 heavy (non-hydrogen) atoms. The van der Waals surface area contributed by atoms with E-state index >= 15 is 0 Å². The molecule has 2 atom stereocenters. The van der Waals surface area contributed by atoms with E-state index in [4.69, 9.17) is 4.74 Å². The Morgan fingerprint density at radius 3 is 3.06 bits per heavy atom. The summed E-state index contributed by atoms with van der Waals surface area (Å²) in [5, 5.41) is 6.02. The van der Waals surface area contributed by atoms with Crippen LogP contribution in [0.4, 0.5) is 16.2 Å². The number of rotatable bonds is 4. The monoisotopic (exact) mass is 240 g/mol. The van der Waals surface area contributed by atoms with Gasteiger partial charge < -0.3 is 15.4 Å². The van der Waals surface area contributed by atoms with Crippen LogP contribution in [0, 0.1) is 5.82 Å². The molecule has 1 fully saturated rings. The molecule has 0 saturated carbocycles. The van der Waals surface area contributed by atoms with Gasteiger partial charge in [0.05, 0.1) is 18.3 Å². The highest BCUT2D eigenvalue weighted by molar-refractivity contribution is 5.42. The highest BCUT2D eigenvalue weighted by Gasteiger charge is 2.25. The van der Waals surface area contributed by atoms with Gasteiger partial charge in [-0.2, -0.15) is 4.98 Å². The van der Waals surface area contributed by atoms with E-state index in [1.165, 1.54) is 6.20 Å². The van der Waals surface area contributed by atoms with Crippen molar-refractivity contribution in [1.29, 1.82) is 0 Å². The second-order valence-electron chi connectivity index (χ2n) is 4.04. The molecular weight excluding hydrogens is 223 g/mol. The molecule has 2 N–H and O–H groups in total. The maximum absolute atomic E-state index is 13.5. The third kappa shape index (κ3) is 2.82. The molecule has 1 aliphatic heterocycles. The van der Waals surface area contributed by atoms with Crippen molar-refractivity contribution < 1.29 is 9.13 Å². The molecule has 1 saturated heterocycles. The Hall–Kier alpha value is -1.43. The number of anilines is 2. The van der Waals surface area contributed by atoms with Crippen LogP contribution in [0.25, 0.3) is 0 Å². The minimum absolute atomic E-state index is 0.0759. The summed E-state index contributed by atoms with van der Waals surface area (Å²) >= 11 is 0. The number of nitrogens with one attached hydrogen (secondary N) is 2. The minimum Gasteiger partial charge on any atom is -0.376 e. The molecule has 94 valence electrons. The van der Waals surface area contributed by atoms with E-state index in [9.17, 15) is 4.39 Å². The normalized spacial score (nSPS) is 23.7. The first-order valence-electron chi connectivity index (χ1n) is 5.85. The largest absolute Gasteiger partial charge is 0.376 e. The van der Waals surface area contributed by atoms with Gasteiger partial charge in [0.2, 0.25) is 5.95 Å². The van der Waals surface area contributed by atoms with Crippen molar-refractivity contribution in [3.05, 3.63) is 12.0 Å². The lowest BCUT2D eigenvalue weighted by Gasteiger charge is -2.17. The summed E-state index contributed by atoms with van der Waals surface area (Å²) in [5.41, 5.74) is 0. The van der Waals surface area contributed by atoms with E-state index < -0.39 is 5.82 Å². The Balaban J connectivity index is 2.10. The van der Waals surface area contributed by atoms with E-state index in [1.54, 1.807) is 0 Å². The minimum atomic E-state index is -0.439. The Bertz CT molecular complexity index is 388. The van der Waals surface area contributed by atoms with Crippen LogP contribution in [0.15, 0.2) is 6.20 Å². The third-order valence-electron chi connectivity index (χ3n) is 2.78. The molecule has 1 aromatic rings. The average molecular weight is 240 g/mol. The van der Waals surface area contributed by atoms with E-state index in [0.717, 1.165) is 6.42 Å². The smallest absolute Gasteiger partial charge is 0.224 e. The summed E-state index contributed by atoms with van der Waals surface area (Å²) in [5.74, 6) is 0.229. The molecule has 0 aliphatic carbocycles. The van der Waals surface area contributed by atoms with Crippen molar-refractivity contribution >= 4 is 11.8 Å². The second-order valence-corrected chi connectivity index (χ2v) is 4.04. The van der Waals surface area contributed by atoms with Crippen molar-refractivity contribution in [3.8, 4) is 0 Å². The molecule has 0 amide bonds. The van der Waals surface area contributed by atoms with Crippen molar-refractivity contribution in [2.45, 2.75) is 32.4 Å². The van der Waals surface area contributed by atoms with E-state index in [2.05, 4.69) is 20.6 Å². The van der Waals surface area contributed by atoms with Crippen LogP contribution in [0.2, 0.25) is 0 Å². The molecule has 6 heteroatoms. The van der Waals surface area contributed by atoms with Crippen LogP contribution in [0.5, 0.6) is 0 Å². The van der Waals surface area contributed by atoms with Crippen LogP contribution in [-0.2, 0) is 4.74 Å². The second kappa shape index (κ2) is 5.27. The molecule has 1 aromatic heterocycles. The summed E-state index contributed by atoms with van der Waals surface area (Å²) in [4.78, 5) is 7.95. The van der Waals surface area contributed by atoms with Gasteiger partial charge in [0.15, 0.2) is 11.6 Å². The number of halogens is 1. The molecule has 0 aromatic carbocycles. The van der Waals surface area contributed by atoms with E-state index in [1.807, 2.05) is 13.8 Å². The van der Waals surface area contributed by atoms with E-state index in [-0.39, 0.29) is 18.0 Å². The van der Waals surface area contributed by atoms with Crippen LogP contribution >= 0.6 is 0 Å². The van der Waals surface area contributed by atoms with Crippen LogP contribution in [0.1, 0.15) is 20.3 Å². The first-order valence-corrected chi connectivity index (χ1v) is 5.85. The van der Waals surface area contributed by atoms with E-state index in [0.29, 0.717) is 19.1 Å². The zero-order valence-corrected chi connectivity index (χ0v) is 10.0. The lowest BCUT2D eigenvalue weighted by molar-refractivity contribution is 0.121. The predicted molar refractivity (Wildman–Crippen MR) is 63.6 cm³/mol. The highest BCUT2D eigenvalue weighted by atomic mass is 19.1. The molecule has 0 bridgehead atoms. The Morgan fingerprint density at radius 2 is 2.41 bits per heavy atom. The van der Waals surface area contributed by atoms with Gasteiger partial charge in [-0.25, -0.2) is 9.37 Å². The van der Waals surface area contributed by atoms with Crippen LogP contribution < -0.4 is 10.6 Å². The van der Waals surface area contributed by atoms with Crippen molar-refractivity contribution in [1.82, 2.24) is 9.97 Å². The van der Waals surface area contributed by atoms with Crippen molar-refractivity contribution in [2.24, 2.45) is 0 Å². The number of hydrogen-bond donors (Lipinski definition) is 2. The first-order chi connectivity index (χ1) is 8.20. The average Bonchev–Trinajstić information content (AvgIpc) is 2.70. The van der Waals surface area contributed by atoms with Gasteiger partial charge in [-0.15, -0.1) is 0 Å². The fourth-order valence-electron chi connectivity index (χ4n) is 1.81. The van der Waals surface area contributed by atoms with Gasteiger partial charge in [0.1, 0.15) is 0 Å². The summed E-state index contributed by atoms with van der Waals surface area (Å²) in [6, 6.07) is 0.105. The first kappa shape index (κ1) is 12.0. The van der Waals surface area contributed by atoms with Crippen LogP contribution in [0.3, 0.4) is 0 Å². The van der Waals surface area contributed by atoms with Crippen molar-refractivity contribution in [2.75, 3.05) is 23.8 Å². The van der Waals surface area contributed by atoms with Gasteiger partial charge in [0, 0.05) is 13.2 Å². The zero-order chi connectivity index (χ0) is 12.3. The molecule has 2 rings (SSSR count). The topological polar surface area (TPSA) is 59.1 Å². The highest BCUT2D eigenvalue weighted by Crippen LogP contribution is 2.20. The molecule has 0 radical (unpaired) electrons. The Kier molecular flexibility index (Phi) is 3.73. The lowest BCUT2D eigenvalue weighted by atomic mass is 10.1. The molecule has 2 unspecified atom stereocenters. The lowest BCUT2D eigenvalue weighted by Crippen LogP contribution is -2.27. The van der Waals surface area contributed by atoms with Crippen LogP contribution in [-0.4, -0.2) is 35.3 Å². The van der Waals surface area contributed by atoms with Gasteiger partial charge >= 0.3 is 0 Å². The number of nitrogens with zero attached hydrogens (tertiary/aromatic N) is 2. The molecular formula is C11H17FN4O. The summed E-state index contributed by atoms with van der Waals surface area (Å²) in [6.45, 7) is 5.31. The SMILES string of the molecule is CCNc1ncc(F)c(NC2CCOC2C)n1. The summed E-state index contributed by atoms with van der Waals surface area (Å²) in [6.07, 6.45) is 2.11. The molecule has 2 heterocycles. The van der Waals surface area contributed by atoms with Gasteiger partial charge in [-0.3, -0.25) is 0 Å². The third-order valence-corrected chi connectivity index (χ3v) is 2.78. The quantitative estimate of drug-likeness (QED) is 0.837. The number of ether oxygens (including phenoxy) is 1. The fraction of sp³-hybridized carbons (Fsp3) is 0.636. The van der Waals surface area contributed by atoms with Gasteiger partial charge in [-0.05, 0) is 20.3 Å². The molecule has 0 spiro atoms. The fourth-order valence-corrected chi connectivity index (χ4v) is 1.81. The standard InChI is InChI=1S/C11H17FN4O/c1-3-13-11-14-6-8(12)10(16-11)15-9-4-5-17-7(9)2/h6-7,9H,3-5H2,1-2H3,(H2,13,14,15,16). The summed E-state index contributed by atoms with van der Waals surface area (Å²) < 4.78 is 18.9. The molecule has 1 aliphatic rings. The zero-order valence-electron chi connectivity index (χ0n) is 10.0. The van der Waals surface area contributed by atoms with Gasteiger partial charge in [-0.1, -0.05) is 0 Å². The maximum Gasteiger partial charge on any atom is 0.224 e. The van der Waals surface area contributed by atoms with Gasteiger partial charge in [0.25, 0.3) is 0 Å². The molecule has 5 nitrogen and oxygen atoms in total. The maximum atomic E-state index is 13.5. The predicted octanol–water partition coefficient (Wildman–Crippen LogP) is 1.64. The number of aromatic nitrogens is 2. The summed E-state index contributed by atoms with van der Waals surface area (Å²) in [7, 11) is 0. The Labute approximate surface area is 99.8 Å².